The molecule has 3 nitrogen and oxygen atoms in total. The van der Waals surface area contributed by atoms with Gasteiger partial charge in [0, 0.05) is 5.56 Å². The summed E-state index contributed by atoms with van der Waals surface area (Å²) in [5, 5.41) is 13.3. The summed E-state index contributed by atoms with van der Waals surface area (Å²) in [4.78, 5) is 0. The number of rotatable bonds is 2. The lowest BCUT2D eigenvalue weighted by Crippen LogP contribution is -2.05. The maximum absolute atomic E-state index is 13.5. The first kappa shape index (κ1) is 11.6. The molecule has 1 aromatic heterocycles. The highest BCUT2D eigenvalue weighted by Crippen LogP contribution is 2.17. The number of nitrogens with zero attached hydrogens (tertiary/aromatic N) is 3. The second-order valence-corrected chi connectivity index (χ2v) is 4.06. The van der Waals surface area contributed by atoms with E-state index >= 15 is 0 Å². The van der Waals surface area contributed by atoms with Crippen LogP contribution in [0.3, 0.4) is 0 Å². The number of hydrogen-bond acceptors (Lipinski definition) is 2. The zero-order valence-electron chi connectivity index (χ0n) is 9.11. The summed E-state index contributed by atoms with van der Waals surface area (Å²) in [5.41, 5.74) is 1.62. The molecule has 86 valence electrons. The van der Waals surface area contributed by atoms with Crippen LogP contribution in [-0.4, -0.2) is 9.78 Å². The molecular weight excluding hydrogens is 241 g/mol. The van der Waals surface area contributed by atoms with Gasteiger partial charge in [-0.25, -0.2) is 4.39 Å². The van der Waals surface area contributed by atoms with Gasteiger partial charge in [0.05, 0.1) is 35.1 Å². The van der Waals surface area contributed by atoms with Crippen molar-refractivity contribution in [3.63, 3.8) is 0 Å². The molecule has 0 spiro atoms. The first-order valence-corrected chi connectivity index (χ1v) is 5.36. The third-order valence-electron chi connectivity index (χ3n) is 2.54. The highest BCUT2D eigenvalue weighted by molar-refractivity contribution is 6.31. The average Bonchev–Trinajstić information content (AvgIpc) is 2.64. The molecule has 17 heavy (non-hydrogen) atoms. The molecule has 0 bridgehead atoms. The Labute approximate surface area is 103 Å². The van der Waals surface area contributed by atoms with Gasteiger partial charge in [0.2, 0.25) is 0 Å². The van der Waals surface area contributed by atoms with Crippen molar-refractivity contribution in [2.24, 2.45) is 0 Å². The molecule has 1 aromatic carbocycles. The van der Waals surface area contributed by atoms with Crippen molar-refractivity contribution in [2.75, 3.05) is 0 Å². The molecule has 0 fully saturated rings. The number of nitriles is 1. The molecule has 5 heteroatoms. The fraction of sp³-hybridized carbons (Fsp3) is 0.167. The maximum Gasteiger partial charge on any atom is 0.128 e. The fourth-order valence-electron chi connectivity index (χ4n) is 1.51. The summed E-state index contributed by atoms with van der Waals surface area (Å²) >= 11 is 5.86. The Morgan fingerprint density at radius 2 is 2.29 bits per heavy atom. The van der Waals surface area contributed by atoms with E-state index in [1.165, 1.54) is 24.4 Å². The lowest BCUT2D eigenvalue weighted by molar-refractivity contribution is 0.580. The molecular formula is C12H9ClFN3. The van der Waals surface area contributed by atoms with Gasteiger partial charge in [-0.05, 0) is 25.1 Å². The van der Waals surface area contributed by atoms with Gasteiger partial charge < -0.3 is 0 Å². The summed E-state index contributed by atoms with van der Waals surface area (Å²) in [6.07, 6.45) is 1.52. The van der Waals surface area contributed by atoms with Gasteiger partial charge in [-0.15, -0.1) is 0 Å². The lowest BCUT2D eigenvalue weighted by Gasteiger charge is -2.06. The maximum atomic E-state index is 13.5. The van der Waals surface area contributed by atoms with Crippen LogP contribution in [0.25, 0.3) is 0 Å². The number of benzene rings is 1. The molecule has 0 aliphatic heterocycles. The monoisotopic (exact) mass is 249 g/mol. The SMILES string of the molecule is Cc1c(Cl)cnn1Cc1cc(C#N)ccc1F. The van der Waals surface area contributed by atoms with Crippen LogP contribution in [0, 0.1) is 24.1 Å². The molecule has 0 N–H and O–H groups in total. The Hall–Kier alpha value is -1.86. The third-order valence-corrected chi connectivity index (χ3v) is 2.91. The van der Waals surface area contributed by atoms with Gasteiger partial charge >= 0.3 is 0 Å². The van der Waals surface area contributed by atoms with Gasteiger partial charge in [0.1, 0.15) is 5.82 Å². The van der Waals surface area contributed by atoms with Gasteiger partial charge in [-0.3, -0.25) is 4.68 Å². The van der Waals surface area contributed by atoms with Crippen LogP contribution in [0.1, 0.15) is 16.8 Å². The Balaban J connectivity index is 2.36. The quantitative estimate of drug-likeness (QED) is 0.821. The minimum atomic E-state index is -0.352. The lowest BCUT2D eigenvalue weighted by atomic mass is 10.1. The second kappa shape index (κ2) is 4.56. The van der Waals surface area contributed by atoms with Crippen LogP contribution in [0.5, 0.6) is 0 Å². The normalized spacial score (nSPS) is 10.2. The number of hydrogen-bond donors (Lipinski definition) is 0. The van der Waals surface area contributed by atoms with Gasteiger partial charge in [-0.1, -0.05) is 11.6 Å². The number of aromatic nitrogens is 2. The zero-order valence-corrected chi connectivity index (χ0v) is 9.87. The van der Waals surface area contributed by atoms with Crippen LogP contribution in [0.15, 0.2) is 24.4 Å². The van der Waals surface area contributed by atoms with Crippen molar-refractivity contribution in [3.8, 4) is 6.07 Å². The van der Waals surface area contributed by atoms with Gasteiger partial charge in [0.15, 0.2) is 0 Å². The zero-order chi connectivity index (χ0) is 12.4. The molecule has 0 radical (unpaired) electrons. The van der Waals surface area contributed by atoms with Gasteiger partial charge in [-0.2, -0.15) is 10.4 Å². The van der Waals surface area contributed by atoms with E-state index in [0.717, 1.165) is 5.69 Å². The van der Waals surface area contributed by atoms with Crippen LogP contribution < -0.4 is 0 Å². The topological polar surface area (TPSA) is 41.6 Å². The van der Waals surface area contributed by atoms with Crippen LogP contribution >= 0.6 is 11.6 Å². The Morgan fingerprint density at radius 1 is 1.53 bits per heavy atom. The van der Waals surface area contributed by atoms with E-state index in [1.54, 1.807) is 11.6 Å². The Bertz CT molecular complexity index is 598. The highest BCUT2D eigenvalue weighted by Gasteiger charge is 2.08. The predicted molar refractivity (Wildman–Crippen MR) is 62.2 cm³/mol. The molecule has 2 aromatic rings. The summed E-state index contributed by atoms with van der Waals surface area (Å²) in [6, 6.07) is 6.23. The van der Waals surface area contributed by atoms with E-state index in [9.17, 15) is 4.39 Å². The van der Waals surface area contributed by atoms with Crippen LogP contribution in [0.4, 0.5) is 4.39 Å². The van der Waals surface area contributed by atoms with Crippen molar-refractivity contribution >= 4 is 11.6 Å². The van der Waals surface area contributed by atoms with Crippen molar-refractivity contribution in [1.82, 2.24) is 9.78 Å². The summed E-state index contributed by atoms with van der Waals surface area (Å²) in [7, 11) is 0. The first-order valence-electron chi connectivity index (χ1n) is 4.98. The fourth-order valence-corrected chi connectivity index (χ4v) is 1.65. The summed E-state index contributed by atoms with van der Waals surface area (Å²) in [6.45, 7) is 2.07. The molecule has 0 aliphatic carbocycles. The van der Waals surface area contributed by atoms with E-state index in [4.69, 9.17) is 16.9 Å². The van der Waals surface area contributed by atoms with Gasteiger partial charge in [0.25, 0.3) is 0 Å². The average molecular weight is 250 g/mol. The van der Waals surface area contributed by atoms with Crippen molar-refractivity contribution < 1.29 is 4.39 Å². The first-order chi connectivity index (χ1) is 8.11. The molecule has 0 atom stereocenters. The van der Waals surface area contributed by atoms with E-state index in [0.29, 0.717) is 16.1 Å². The minimum absolute atomic E-state index is 0.264. The molecule has 0 aliphatic rings. The molecule has 2 rings (SSSR count). The summed E-state index contributed by atoms with van der Waals surface area (Å²) in [5.74, 6) is -0.352. The highest BCUT2D eigenvalue weighted by atomic mass is 35.5. The Kier molecular flexibility index (Phi) is 3.12. The molecule has 1 heterocycles. The van der Waals surface area contributed by atoms with Crippen molar-refractivity contribution in [2.45, 2.75) is 13.5 Å². The largest absolute Gasteiger partial charge is 0.264 e. The molecule has 0 saturated carbocycles. The molecule has 0 saturated heterocycles. The summed E-state index contributed by atoms with van der Waals surface area (Å²) < 4.78 is 15.1. The number of halogens is 2. The van der Waals surface area contributed by atoms with Crippen molar-refractivity contribution in [3.05, 3.63) is 52.1 Å². The van der Waals surface area contributed by atoms with Crippen molar-refractivity contribution in [1.29, 1.82) is 5.26 Å². The Morgan fingerprint density at radius 3 is 2.88 bits per heavy atom. The molecule has 0 unspecified atom stereocenters. The van der Waals surface area contributed by atoms with E-state index in [1.807, 2.05) is 6.07 Å². The van der Waals surface area contributed by atoms with E-state index in [2.05, 4.69) is 5.10 Å². The van der Waals surface area contributed by atoms with E-state index < -0.39 is 0 Å². The second-order valence-electron chi connectivity index (χ2n) is 3.65. The third kappa shape index (κ3) is 2.29. The smallest absolute Gasteiger partial charge is 0.128 e. The molecule has 0 amide bonds. The minimum Gasteiger partial charge on any atom is -0.264 e. The van der Waals surface area contributed by atoms with Crippen LogP contribution in [0.2, 0.25) is 5.02 Å². The predicted octanol–water partition coefficient (Wildman–Crippen LogP) is 2.90. The van der Waals surface area contributed by atoms with Crippen LogP contribution in [-0.2, 0) is 6.54 Å². The standard InChI is InChI=1S/C12H9ClFN3/c1-8-11(13)6-16-17(8)7-10-4-9(5-15)2-3-12(10)14/h2-4,6H,7H2,1H3. The van der Waals surface area contributed by atoms with E-state index in [-0.39, 0.29) is 12.4 Å².